The fourth-order valence-electron chi connectivity index (χ4n) is 20.6. The predicted molar refractivity (Wildman–Crippen MR) is 368 cm³/mol. The lowest BCUT2D eigenvalue weighted by Crippen LogP contribution is -2.63. The number of phenolic OH excluding ortho intramolecular Hbond substituents is 2. The number of amides is 1. The first-order chi connectivity index (χ1) is 46.1. The maximum atomic E-state index is 14.6. The van der Waals surface area contributed by atoms with Crippen LogP contribution >= 0.6 is 21.6 Å². The molecular weight excluding hydrogens is 1240 g/mol. The fourth-order valence-corrected chi connectivity index (χ4v) is 23.5. The molecule has 6 aliphatic heterocycles. The van der Waals surface area contributed by atoms with Gasteiger partial charge in [0.25, 0.3) is 0 Å². The molecule has 95 heavy (non-hydrogen) atoms. The van der Waals surface area contributed by atoms with Crippen LogP contribution in [0.4, 0.5) is 0 Å². The SMILES string of the molecule is COc1cc(C[C@@H]2[C@H](O)CSS[C@@H]3C[C@@H](O)c4cccc5cn(cc45)COCCC[C@@H]4NC(=O)C5(CCCCC5)[C@H]4[C@H](O)C[C@H]4CC[C@@]56C[C@H](CC[C@@H]5CNC5(CC#C[C@]67C[C@@H](C)CC[C@H]47)CCCCC5)Oc4cc(c3cc4O)CC[C@H](OCO)C[C@H]2O)cc(OCO)c1O. The molecule has 1 amide bonds. The van der Waals surface area contributed by atoms with Crippen molar-refractivity contribution in [2.24, 2.45) is 51.8 Å². The van der Waals surface area contributed by atoms with Crippen molar-refractivity contribution in [3.63, 3.8) is 0 Å². The Bertz CT molecular complexity index is 3360. The van der Waals surface area contributed by atoms with Gasteiger partial charge in [0.1, 0.15) is 13.5 Å². The second-order valence-corrected chi connectivity index (χ2v) is 33.1. The van der Waals surface area contributed by atoms with Crippen LogP contribution in [0.1, 0.15) is 201 Å². The first-order valence-electron chi connectivity index (χ1n) is 36.2. The molecule has 6 fully saturated rings. The van der Waals surface area contributed by atoms with Crippen molar-refractivity contribution < 1.29 is 69.3 Å². The van der Waals surface area contributed by atoms with Gasteiger partial charge in [0.15, 0.2) is 29.8 Å². The molecule has 17 nitrogen and oxygen atoms in total. The minimum absolute atomic E-state index is 0.00235. The largest absolute Gasteiger partial charge is 0.504 e. The Morgan fingerprint density at radius 2 is 1.61 bits per heavy atom. The second-order valence-electron chi connectivity index (χ2n) is 30.5. The number of aryl methyl sites for hydroxylation is 1. The number of rotatable bonds is 7. The van der Waals surface area contributed by atoms with Crippen LogP contribution in [0.5, 0.6) is 28.7 Å². The quantitative estimate of drug-likeness (QED) is 0.0469. The monoisotopic (exact) mass is 1350 g/mol. The van der Waals surface area contributed by atoms with Crippen molar-refractivity contribution in [2.75, 3.05) is 39.6 Å². The summed E-state index contributed by atoms with van der Waals surface area (Å²) in [7, 11) is 4.33. The van der Waals surface area contributed by atoms with E-state index in [0.29, 0.717) is 55.4 Å². The molecule has 1 aromatic heterocycles. The third kappa shape index (κ3) is 14.0. The molecule has 4 aromatic rings. The van der Waals surface area contributed by atoms with Gasteiger partial charge in [-0.25, -0.2) is 0 Å². The molecule has 0 radical (unpaired) electrons. The molecular formula is C76H105N3O14S2. The van der Waals surface area contributed by atoms with Crippen LogP contribution in [0.25, 0.3) is 10.8 Å². The molecule has 5 saturated carbocycles. The van der Waals surface area contributed by atoms with Gasteiger partial charge in [-0.3, -0.25) is 4.79 Å². The molecule has 5 aliphatic carbocycles. The number of aromatic nitrogens is 1. The van der Waals surface area contributed by atoms with Crippen LogP contribution in [0.15, 0.2) is 54.9 Å². The van der Waals surface area contributed by atoms with Gasteiger partial charge in [-0.1, -0.05) is 97.6 Å². The number of aliphatic hydroxyl groups is 6. The average Bonchev–Trinajstić information content (AvgIpc) is 1.10. The topological polar surface area (TPSA) is 254 Å². The van der Waals surface area contributed by atoms with Crippen molar-refractivity contribution in [3.05, 3.63) is 77.1 Å². The first kappa shape index (κ1) is 69.1. The van der Waals surface area contributed by atoms with E-state index >= 15 is 0 Å². The summed E-state index contributed by atoms with van der Waals surface area (Å²) in [5.74, 6) is 9.15. The van der Waals surface area contributed by atoms with Gasteiger partial charge in [0, 0.05) is 70.6 Å². The number of fused-ring (bicyclic) bond motifs is 1. The number of nitrogens with zero attached hydrogens (tertiary/aromatic N) is 1. The molecule has 15 rings (SSSR count). The Morgan fingerprint density at radius 3 is 2.41 bits per heavy atom. The summed E-state index contributed by atoms with van der Waals surface area (Å²) in [6.07, 6.45) is 21.6. The van der Waals surface area contributed by atoms with Crippen LogP contribution in [0.3, 0.4) is 0 Å². The van der Waals surface area contributed by atoms with Crippen molar-refractivity contribution in [2.45, 2.75) is 240 Å². The number of methoxy groups -OCH3 is 1. The third-order valence-corrected chi connectivity index (χ3v) is 28.0. The normalized spacial score (nSPS) is 35.5. The molecule has 4 spiro atoms. The summed E-state index contributed by atoms with van der Waals surface area (Å²) in [5, 5.41) is 103. The van der Waals surface area contributed by atoms with Crippen LogP contribution in [-0.2, 0) is 33.8 Å². The third-order valence-electron chi connectivity index (χ3n) is 25.2. The highest BCUT2D eigenvalue weighted by molar-refractivity contribution is 8.76. The molecule has 19 heteroatoms. The zero-order valence-corrected chi connectivity index (χ0v) is 57.5. The highest BCUT2D eigenvalue weighted by Gasteiger charge is 2.66. The minimum Gasteiger partial charge on any atom is -0.504 e. The van der Waals surface area contributed by atoms with E-state index in [1.54, 1.807) is 12.1 Å². The number of benzene rings is 3. The number of aliphatic hydroxyl groups excluding tert-OH is 6. The van der Waals surface area contributed by atoms with Gasteiger partial charge in [-0.2, -0.15) is 0 Å². The van der Waals surface area contributed by atoms with Crippen molar-refractivity contribution in [1.29, 1.82) is 0 Å². The number of aromatic hydroxyl groups is 2. The lowest BCUT2D eigenvalue weighted by molar-refractivity contribution is -0.163. The fraction of sp³-hybridized carbons (Fsp3) is 0.697. The van der Waals surface area contributed by atoms with E-state index in [1.807, 2.05) is 47.3 Å². The van der Waals surface area contributed by atoms with Gasteiger partial charge in [-0.15, -0.1) is 5.92 Å². The van der Waals surface area contributed by atoms with Gasteiger partial charge in [-0.05, 0) is 210 Å². The molecule has 9 bridgehead atoms. The van der Waals surface area contributed by atoms with E-state index < -0.39 is 60.7 Å². The lowest BCUT2D eigenvalue weighted by atomic mass is 9.38. The molecule has 1 saturated heterocycles. The number of carbonyl (C=O) groups excluding carboxylic acids is 1. The number of hydrogen-bond donors (Lipinski definition) is 10. The van der Waals surface area contributed by atoms with E-state index in [2.05, 4.69) is 29.4 Å². The van der Waals surface area contributed by atoms with E-state index in [4.69, 9.17) is 23.7 Å². The van der Waals surface area contributed by atoms with Crippen LogP contribution < -0.4 is 24.8 Å². The molecule has 16 atom stereocenters. The Kier molecular flexibility index (Phi) is 21.7. The van der Waals surface area contributed by atoms with Gasteiger partial charge >= 0.3 is 0 Å². The summed E-state index contributed by atoms with van der Waals surface area (Å²) < 4.78 is 32.8. The van der Waals surface area contributed by atoms with Gasteiger partial charge in [0.05, 0.1) is 49.1 Å². The van der Waals surface area contributed by atoms with Crippen molar-refractivity contribution in [3.8, 4) is 40.6 Å². The average molecular weight is 1350 g/mol. The van der Waals surface area contributed by atoms with Crippen molar-refractivity contribution >= 4 is 38.3 Å². The van der Waals surface area contributed by atoms with E-state index in [9.17, 15) is 45.6 Å². The molecule has 0 unspecified atom stereocenters. The number of nitrogens with one attached hydrogen (secondary N) is 2. The molecule has 11 aliphatic rings. The number of carbonyl (C=O) groups is 1. The predicted octanol–water partition coefficient (Wildman–Crippen LogP) is 11.8. The smallest absolute Gasteiger partial charge is 0.226 e. The summed E-state index contributed by atoms with van der Waals surface area (Å²) >= 11 is 0. The van der Waals surface area contributed by atoms with E-state index in [0.717, 1.165) is 143 Å². The summed E-state index contributed by atoms with van der Waals surface area (Å²) in [4.78, 5) is 14.6. The Hall–Kier alpha value is -4.43. The summed E-state index contributed by atoms with van der Waals surface area (Å²) in [6.45, 7) is 2.80. The maximum Gasteiger partial charge on any atom is 0.226 e. The molecule has 3 aromatic carbocycles. The summed E-state index contributed by atoms with van der Waals surface area (Å²) in [5.41, 5.74) is 1.81. The first-order valence-corrected chi connectivity index (χ1v) is 38.6. The van der Waals surface area contributed by atoms with Gasteiger partial charge in [0.2, 0.25) is 11.7 Å². The second kappa shape index (κ2) is 29.8. The number of hydrogen-bond acceptors (Lipinski definition) is 17. The zero-order valence-electron chi connectivity index (χ0n) is 55.9. The highest BCUT2D eigenvalue weighted by atomic mass is 33.1. The van der Waals surface area contributed by atoms with Gasteiger partial charge < -0.3 is 79.7 Å². The van der Waals surface area contributed by atoms with Crippen LogP contribution in [0.2, 0.25) is 0 Å². The molecule has 10 N–H and O–H groups in total. The Labute approximate surface area is 569 Å². The molecule has 520 valence electrons. The lowest BCUT2D eigenvalue weighted by Gasteiger charge is -2.65. The highest BCUT2D eigenvalue weighted by Crippen LogP contribution is 2.70. The van der Waals surface area contributed by atoms with Crippen LogP contribution in [-0.4, -0.2) is 133 Å². The van der Waals surface area contributed by atoms with Crippen LogP contribution in [0, 0.1) is 63.6 Å². The van der Waals surface area contributed by atoms with Crippen molar-refractivity contribution in [1.82, 2.24) is 15.2 Å². The zero-order chi connectivity index (χ0) is 66.1. The Morgan fingerprint density at radius 1 is 0.800 bits per heavy atom. The maximum absolute atomic E-state index is 14.6. The number of ether oxygens (including phenoxy) is 5. The van der Waals surface area contributed by atoms with E-state index in [-0.39, 0.29) is 107 Å². The molecule has 7 heterocycles. The standard InChI is InChI=1S/C76H105N3O14S2/c1-47-15-20-59-50-21-28-75-39-54(19-17-52(75)40-77-73(22-5-3-6-23-73)24-11-27-76(59,75)38-47)93-66-34-49-16-18-53(91-45-80)35-61(82)57(30-48-31-67(89-2)71(87)68(32-48)92-46-81)65(86)43-94-95-69(56(49)36-63(66)84)37-62(83)55-13-9-12-51-41-79(42-58(51)55)44-90-29-10-14-60-70(64(85)33-50)74(72(88)78-60)25-7-4-8-26-74/h9,12-13,31-32,34,36,41-42,47,50,52-54,57,59-62,64-65,69-70,77,80-87H,3-8,10,14-26,28-30,33,35,37-40,43-46H2,1-2H3,(H,78,88)/t47-,50+,52+,53-,54-,57-,59+,60-,61+,62+,64+,65+,69+,70+,75+,76+/m0/s1. The summed E-state index contributed by atoms with van der Waals surface area (Å²) in [6, 6.07) is 12.8. The minimum atomic E-state index is -1.13. The Balaban J connectivity index is 0.890. The number of phenols is 2. The van der Waals surface area contributed by atoms with E-state index in [1.165, 1.54) is 48.0 Å².